The van der Waals surface area contributed by atoms with Crippen LogP contribution >= 0.6 is 0 Å². The number of nitrogens with zero attached hydrogens (tertiary/aromatic N) is 3. The van der Waals surface area contributed by atoms with Crippen molar-refractivity contribution in [2.45, 2.75) is 76.9 Å². The second-order valence-electron chi connectivity index (χ2n) is 10.4. The van der Waals surface area contributed by atoms with E-state index >= 15 is 0 Å². The average molecular weight is 531 g/mol. The zero-order valence-corrected chi connectivity index (χ0v) is 22.2. The standard InChI is InChI=1S/C19H30N2O5.C7H8N4O/c1-18(2,3)26-16(23)13-20-12-15(22)21-11-7-10-19(21,17(24)25)14-8-5-4-6-9-14;8-6(9)5-2-1-4(3-11-5)7(10)12/h13-14H,4-12H2,1-3H3,(H,24,25);1-3H,(H3,8,9)(H2,10,12)/t19-;/m1./s1. The maximum absolute atomic E-state index is 12.7. The lowest BCUT2D eigenvalue weighted by molar-refractivity contribution is -0.161. The van der Waals surface area contributed by atoms with E-state index in [1.165, 1.54) is 23.2 Å². The summed E-state index contributed by atoms with van der Waals surface area (Å²) in [6.45, 7) is 5.45. The number of hydrogen-bond acceptors (Lipinski definition) is 8. The zero-order valence-electron chi connectivity index (χ0n) is 22.2. The fraction of sp³-hybridized carbons (Fsp3) is 0.577. The van der Waals surface area contributed by atoms with Crippen molar-refractivity contribution in [2.75, 3.05) is 13.1 Å². The molecule has 2 amide bonds. The number of esters is 1. The Labute approximate surface area is 222 Å². The molecule has 1 atom stereocenters. The number of pyridine rings is 1. The molecule has 2 aliphatic rings. The highest BCUT2D eigenvalue weighted by atomic mass is 16.6. The number of carbonyl (C=O) groups excluding carboxylic acids is 3. The first-order valence-electron chi connectivity index (χ1n) is 12.6. The van der Waals surface area contributed by atoms with Crippen molar-refractivity contribution in [3.05, 3.63) is 29.6 Å². The zero-order chi connectivity index (χ0) is 28.5. The van der Waals surface area contributed by atoms with Crippen LogP contribution in [-0.2, 0) is 19.1 Å². The Morgan fingerprint density at radius 1 is 1.18 bits per heavy atom. The lowest BCUT2D eigenvalue weighted by Gasteiger charge is -2.42. The fourth-order valence-electron chi connectivity index (χ4n) is 4.90. The van der Waals surface area contributed by atoms with Gasteiger partial charge < -0.3 is 26.2 Å². The van der Waals surface area contributed by atoms with Crippen molar-refractivity contribution in [3.63, 3.8) is 0 Å². The maximum Gasteiger partial charge on any atom is 0.349 e. The summed E-state index contributed by atoms with van der Waals surface area (Å²) in [5, 5.41) is 17.0. The molecule has 1 aliphatic heterocycles. The molecule has 0 spiro atoms. The molecule has 12 nitrogen and oxygen atoms in total. The van der Waals surface area contributed by atoms with Gasteiger partial charge in [-0.25, -0.2) is 9.59 Å². The van der Waals surface area contributed by atoms with Gasteiger partial charge in [-0.05, 0) is 64.5 Å². The van der Waals surface area contributed by atoms with E-state index in [1.807, 2.05) is 0 Å². The van der Waals surface area contributed by atoms with Gasteiger partial charge in [0.05, 0.1) is 5.56 Å². The van der Waals surface area contributed by atoms with Gasteiger partial charge in [0.2, 0.25) is 11.8 Å². The van der Waals surface area contributed by atoms with Crippen LogP contribution in [0.25, 0.3) is 0 Å². The van der Waals surface area contributed by atoms with Crippen LogP contribution in [0.2, 0.25) is 0 Å². The Bertz CT molecular complexity index is 1030. The minimum Gasteiger partial charge on any atom is -0.479 e. The third kappa shape index (κ3) is 8.09. The fourth-order valence-corrected chi connectivity index (χ4v) is 4.90. The molecule has 2 fully saturated rings. The number of nitrogen functional groups attached to an aromatic ring is 1. The van der Waals surface area contributed by atoms with Crippen molar-refractivity contribution in [1.82, 2.24) is 9.88 Å². The Hall–Kier alpha value is -3.83. The number of nitrogens with one attached hydrogen (secondary N) is 1. The van der Waals surface area contributed by atoms with Gasteiger partial charge >= 0.3 is 11.9 Å². The number of aliphatic carboxylic acids is 1. The number of carboxylic acid groups (broad SMARTS) is 1. The van der Waals surface area contributed by atoms with E-state index in [0.29, 0.717) is 30.6 Å². The quantitative estimate of drug-likeness (QED) is 0.232. The van der Waals surface area contributed by atoms with E-state index in [4.69, 9.17) is 21.6 Å². The van der Waals surface area contributed by atoms with Crippen molar-refractivity contribution >= 4 is 35.8 Å². The summed E-state index contributed by atoms with van der Waals surface area (Å²) in [5.74, 6) is -2.54. The Morgan fingerprint density at radius 3 is 2.34 bits per heavy atom. The van der Waals surface area contributed by atoms with Crippen molar-refractivity contribution in [1.29, 1.82) is 5.41 Å². The SMILES string of the molecule is CC(C)(C)OC(=O)C=NCC(=O)N1CCC[C@]1(C(=O)O)C1CCCCC1.N=C(N)c1ccc(C(N)=O)cn1. The van der Waals surface area contributed by atoms with E-state index in [9.17, 15) is 24.3 Å². The molecule has 0 aromatic carbocycles. The number of likely N-dealkylation sites (tertiary alicyclic amines) is 1. The van der Waals surface area contributed by atoms with E-state index in [-0.39, 0.29) is 24.2 Å². The van der Waals surface area contributed by atoms with Gasteiger partial charge in [-0.2, -0.15) is 0 Å². The monoisotopic (exact) mass is 530 g/mol. The van der Waals surface area contributed by atoms with Crippen LogP contribution in [0, 0.1) is 11.3 Å². The summed E-state index contributed by atoms with van der Waals surface area (Å²) >= 11 is 0. The second-order valence-corrected chi connectivity index (χ2v) is 10.4. The minimum atomic E-state index is -1.11. The number of aliphatic imine (C=N–C) groups is 1. The molecule has 0 unspecified atom stereocenters. The summed E-state index contributed by atoms with van der Waals surface area (Å²) in [5.41, 5.74) is 9.02. The highest BCUT2D eigenvalue weighted by Crippen LogP contribution is 2.43. The number of hydrogen-bond donors (Lipinski definition) is 4. The molecule has 0 bridgehead atoms. The first-order chi connectivity index (χ1) is 17.8. The first kappa shape index (κ1) is 30.4. The lowest BCUT2D eigenvalue weighted by Crippen LogP contribution is -2.58. The number of carbonyl (C=O) groups is 4. The molecule has 1 aromatic heterocycles. The molecule has 1 aromatic rings. The third-order valence-electron chi connectivity index (χ3n) is 6.53. The van der Waals surface area contributed by atoms with Crippen molar-refractivity contribution in [3.8, 4) is 0 Å². The van der Waals surface area contributed by atoms with Gasteiger partial charge in [-0.15, -0.1) is 0 Å². The molecule has 38 heavy (non-hydrogen) atoms. The van der Waals surface area contributed by atoms with Gasteiger partial charge in [0.15, 0.2) is 0 Å². The van der Waals surface area contributed by atoms with Crippen molar-refractivity contribution in [2.24, 2.45) is 22.4 Å². The molecule has 2 heterocycles. The highest BCUT2D eigenvalue weighted by molar-refractivity contribution is 6.23. The first-order valence-corrected chi connectivity index (χ1v) is 12.6. The molecule has 0 radical (unpaired) electrons. The predicted octanol–water partition coefficient (Wildman–Crippen LogP) is 1.89. The minimum absolute atomic E-state index is 0.00460. The van der Waals surface area contributed by atoms with Gasteiger partial charge in [-0.1, -0.05) is 19.3 Å². The second kappa shape index (κ2) is 13.1. The van der Waals surface area contributed by atoms with E-state index in [0.717, 1.165) is 38.3 Å². The summed E-state index contributed by atoms with van der Waals surface area (Å²) in [7, 11) is 0. The number of amides is 2. The molecule has 3 rings (SSSR count). The number of nitrogens with two attached hydrogens (primary N) is 2. The summed E-state index contributed by atoms with van der Waals surface area (Å²) < 4.78 is 5.11. The summed E-state index contributed by atoms with van der Waals surface area (Å²) in [4.78, 5) is 56.2. The largest absolute Gasteiger partial charge is 0.479 e. The molecule has 12 heteroatoms. The Balaban J connectivity index is 0.000000352. The number of rotatable bonds is 7. The van der Waals surface area contributed by atoms with Crippen LogP contribution in [0.3, 0.4) is 0 Å². The molecular formula is C26H38N6O6. The summed E-state index contributed by atoms with van der Waals surface area (Å²) in [6, 6.07) is 2.95. The van der Waals surface area contributed by atoms with Crippen LogP contribution in [0.15, 0.2) is 23.3 Å². The van der Waals surface area contributed by atoms with Crippen LogP contribution in [0.1, 0.15) is 81.8 Å². The molecule has 1 saturated carbocycles. The Morgan fingerprint density at radius 2 is 1.84 bits per heavy atom. The van der Waals surface area contributed by atoms with Crippen LogP contribution in [0.5, 0.6) is 0 Å². The Kier molecular flexibility index (Phi) is 10.5. The molecular weight excluding hydrogens is 492 g/mol. The smallest absolute Gasteiger partial charge is 0.349 e. The normalized spacial score (nSPS) is 19.9. The number of ether oxygens (including phenoxy) is 1. The molecule has 1 saturated heterocycles. The lowest BCUT2D eigenvalue weighted by atomic mass is 9.73. The van der Waals surface area contributed by atoms with Gasteiger partial charge in [0.25, 0.3) is 0 Å². The topological polar surface area (TPSA) is 202 Å². The van der Waals surface area contributed by atoms with E-state index in [1.54, 1.807) is 20.8 Å². The van der Waals surface area contributed by atoms with Crippen LogP contribution in [-0.4, -0.2) is 75.0 Å². The number of aromatic nitrogens is 1. The molecule has 6 N–H and O–H groups in total. The number of primary amides is 1. The number of amidine groups is 1. The van der Waals surface area contributed by atoms with Gasteiger partial charge in [0.1, 0.15) is 35.4 Å². The average Bonchev–Trinajstić information content (AvgIpc) is 3.30. The van der Waals surface area contributed by atoms with Gasteiger partial charge in [0, 0.05) is 12.7 Å². The van der Waals surface area contributed by atoms with Crippen molar-refractivity contribution < 1.29 is 29.0 Å². The predicted molar refractivity (Wildman–Crippen MR) is 141 cm³/mol. The maximum atomic E-state index is 12.7. The molecule has 208 valence electrons. The van der Waals surface area contributed by atoms with Crippen LogP contribution in [0.4, 0.5) is 0 Å². The summed E-state index contributed by atoms with van der Waals surface area (Å²) in [6.07, 6.45) is 8.31. The third-order valence-corrected chi connectivity index (χ3v) is 6.53. The van der Waals surface area contributed by atoms with Crippen LogP contribution < -0.4 is 11.5 Å². The van der Waals surface area contributed by atoms with E-state index in [2.05, 4.69) is 9.98 Å². The number of carboxylic acids is 1. The van der Waals surface area contributed by atoms with Gasteiger partial charge in [-0.3, -0.25) is 25.0 Å². The highest BCUT2D eigenvalue weighted by Gasteiger charge is 2.54. The molecule has 1 aliphatic carbocycles. The van der Waals surface area contributed by atoms with E-state index < -0.39 is 29.0 Å².